The number of hydrogen-bond acceptors (Lipinski definition) is 2. The number of fused-ring (bicyclic) bond motifs is 1. The fourth-order valence-corrected chi connectivity index (χ4v) is 3.84. The fraction of sp³-hybridized carbons (Fsp3) is 0.364. The third-order valence-electron chi connectivity index (χ3n) is 4.60. The summed E-state index contributed by atoms with van der Waals surface area (Å²) in [4.78, 5) is 1.26. The van der Waals surface area contributed by atoms with Gasteiger partial charge < -0.3 is 4.57 Å². The second kappa shape index (κ2) is 7.27. The molecule has 0 aliphatic heterocycles. The predicted octanol–water partition coefficient (Wildman–Crippen LogP) is 5.70. The van der Waals surface area contributed by atoms with Gasteiger partial charge in [0.2, 0.25) is 0 Å². The third kappa shape index (κ3) is 4.28. The minimum absolute atomic E-state index is 0.207. The minimum Gasteiger partial charge on any atom is -0.350 e. The zero-order valence-corrected chi connectivity index (χ0v) is 16.7. The summed E-state index contributed by atoms with van der Waals surface area (Å²) in [5.74, 6) is 0. The summed E-state index contributed by atoms with van der Waals surface area (Å²) in [7, 11) is 2.12. The van der Waals surface area contributed by atoms with Crippen molar-refractivity contribution in [3.63, 3.8) is 0 Å². The Hall–Kier alpha value is -1.71. The highest BCUT2D eigenvalue weighted by Crippen LogP contribution is 2.26. The van der Waals surface area contributed by atoms with E-state index in [2.05, 4.69) is 98.8 Å². The SMILES string of the molecule is CC(Cc1cn(C)c2ccccc12)NSc1ccc(C(C)(C)C)cc1. The van der Waals surface area contributed by atoms with Crippen molar-refractivity contribution >= 4 is 22.9 Å². The number of aromatic nitrogens is 1. The van der Waals surface area contributed by atoms with Crippen LogP contribution < -0.4 is 4.72 Å². The molecule has 2 nitrogen and oxygen atoms in total. The highest BCUT2D eigenvalue weighted by Gasteiger charge is 2.13. The van der Waals surface area contributed by atoms with Gasteiger partial charge in [0.1, 0.15) is 0 Å². The number of benzene rings is 2. The molecular weight excluding hydrogens is 324 g/mol. The first-order valence-electron chi connectivity index (χ1n) is 8.90. The van der Waals surface area contributed by atoms with Crippen molar-refractivity contribution in [1.82, 2.24) is 9.29 Å². The van der Waals surface area contributed by atoms with Crippen LogP contribution in [-0.2, 0) is 18.9 Å². The number of para-hydroxylation sites is 1. The van der Waals surface area contributed by atoms with Crippen molar-refractivity contribution in [3.8, 4) is 0 Å². The fourth-order valence-electron chi connectivity index (χ4n) is 3.15. The molecular formula is C22H28N2S. The molecule has 0 aliphatic carbocycles. The zero-order valence-electron chi connectivity index (χ0n) is 15.8. The van der Waals surface area contributed by atoms with Crippen LogP contribution in [0.5, 0.6) is 0 Å². The Labute approximate surface area is 155 Å². The van der Waals surface area contributed by atoms with E-state index in [-0.39, 0.29) is 5.41 Å². The first kappa shape index (κ1) is 18.1. The second-order valence-corrected chi connectivity index (χ2v) is 8.79. The average molecular weight is 353 g/mol. The van der Waals surface area contributed by atoms with Gasteiger partial charge in [-0.1, -0.05) is 51.1 Å². The van der Waals surface area contributed by atoms with E-state index in [0.29, 0.717) is 6.04 Å². The van der Waals surface area contributed by atoms with Crippen LogP contribution in [0.15, 0.2) is 59.6 Å². The van der Waals surface area contributed by atoms with Gasteiger partial charge in [0.15, 0.2) is 0 Å². The van der Waals surface area contributed by atoms with E-state index in [4.69, 9.17) is 0 Å². The lowest BCUT2D eigenvalue weighted by atomic mass is 9.87. The Morgan fingerprint density at radius 1 is 1.04 bits per heavy atom. The van der Waals surface area contributed by atoms with Crippen molar-refractivity contribution in [3.05, 3.63) is 65.9 Å². The van der Waals surface area contributed by atoms with Gasteiger partial charge in [0.05, 0.1) is 0 Å². The van der Waals surface area contributed by atoms with Crippen molar-refractivity contribution in [2.75, 3.05) is 0 Å². The molecule has 1 N–H and O–H groups in total. The smallest absolute Gasteiger partial charge is 0.0480 e. The maximum Gasteiger partial charge on any atom is 0.0480 e. The Morgan fingerprint density at radius 3 is 2.40 bits per heavy atom. The van der Waals surface area contributed by atoms with Crippen LogP contribution in [0.1, 0.15) is 38.8 Å². The molecule has 0 aliphatic rings. The van der Waals surface area contributed by atoms with E-state index >= 15 is 0 Å². The summed E-state index contributed by atoms with van der Waals surface area (Å²) in [6, 6.07) is 17.9. The molecule has 0 saturated carbocycles. The van der Waals surface area contributed by atoms with Gasteiger partial charge in [-0.15, -0.1) is 0 Å². The van der Waals surface area contributed by atoms with Crippen LogP contribution in [0.3, 0.4) is 0 Å². The summed E-state index contributed by atoms with van der Waals surface area (Å²) in [5, 5.41) is 1.36. The molecule has 0 amide bonds. The van der Waals surface area contributed by atoms with Gasteiger partial charge >= 0.3 is 0 Å². The first-order valence-corrected chi connectivity index (χ1v) is 9.72. The molecule has 3 aromatic rings. The van der Waals surface area contributed by atoms with E-state index in [1.807, 2.05) is 0 Å². The molecule has 0 spiro atoms. The number of aryl methyl sites for hydroxylation is 1. The summed E-state index contributed by atoms with van der Waals surface area (Å²) in [6.07, 6.45) is 3.28. The molecule has 3 rings (SSSR count). The highest BCUT2D eigenvalue weighted by molar-refractivity contribution is 7.97. The van der Waals surface area contributed by atoms with Gasteiger partial charge in [-0.25, -0.2) is 0 Å². The van der Waals surface area contributed by atoms with E-state index < -0.39 is 0 Å². The van der Waals surface area contributed by atoms with Gasteiger partial charge in [0.25, 0.3) is 0 Å². The number of rotatable bonds is 5. The molecule has 132 valence electrons. The lowest BCUT2D eigenvalue weighted by molar-refractivity contribution is 0.589. The summed E-state index contributed by atoms with van der Waals surface area (Å²) < 4.78 is 5.80. The third-order valence-corrected chi connectivity index (χ3v) is 5.63. The van der Waals surface area contributed by atoms with Gasteiger partial charge in [-0.2, -0.15) is 0 Å². The number of nitrogens with zero attached hydrogens (tertiary/aromatic N) is 1. The normalized spacial score (nSPS) is 13.3. The van der Waals surface area contributed by atoms with Crippen LogP contribution >= 0.6 is 11.9 Å². The van der Waals surface area contributed by atoms with Gasteiger partial charge in [0, 0.05) is 35.1 Å². The molecule has 3 heteroatoms. The molecule has 1 unspecified atom stereocenters. The van der Waals surface area contributed by atoms with Crippen LogP contribution in [-0.4, -0.2) is 10.6 Å². The van der Waals surface area contributed by atoms with Crippen LogP contribution in [0, 0.1) is 0 Å². The number of hydrogen-bond donors (Lipinski definition) is 1. The molecule has 0 saturated heterocycles. The van der Waals surface area contributed by atoms with E-state index in [1.165, 1.54) is 26.9 Å². The Kier molecular flexibility index (Phi) is 5.26. The first-order chi connectivity index (χ1) is 11.8. The second-order valence-electron chi connectivity index (χ2n) is 7.88. The largest absolute Gasteiger partial charge is 0.350 e. The maximum absolute atomic E-state index is 3.59. The Bertz CT molecular complexity index is 841. The number of nitrogens with one attached hydrogen (secondary N) is 1. The van der Waals surface area contributed by atoms with Crippen molar-refractivity contribution < 1.29 is 0 Å². The summed E-state index contributed by atoms with van der Waals surface area (Å²) >= 11 is 1.72. The molecule has 0 fully saturated rings. The minimum atomic E-state index is 0.207. The van der Waals surface area contributed by atoms with Crippen LogP contribution in [0.4, 0.5) is 0 Å². The molecule has 0 bridgehead atoms. The molecule has 2 aromatic carbocycles. The monoisotopic (exact) mass is 352 g/mol. The molecule has 1 heterocycles. The molecule has 1 aromatic heterocycles. The van der Waals surface area contributed by atoms with Crippen LogP contribution in [0.25, 0.3) is 10.9 Å². The zero-order chi connectivity index (χ0) is 18.0. The molecule has 1 atom stereocenters. The lowest BCUT2D eigenvalue weighted by Gasteiger charge is -2.19. The van der Waals surface area contributed by atoms with Crippen molar-refractivity contribution in [2.45, 2.75) is 50.5 Å². The lowest BCUT2D eigenvalue weighted by Crippen LogP contribution is -2.21. The standard InChI is InChI=1S/C22H28N2S/c1-16(14-17-15-24(5)21-9-7-6-8-20(17)21)23-25-19-12-10-18(11-13-19)22(2,3)4/h6-13,15-16,23H,14H2,1-5H3. The Balaban J connectivity index is 1.62. The quantitative estimate of drug-likeness (QED) is 0.593. The van der Waals surface area contributed by atoms with Gasteiger partial charge in [-0.3, -0.25) is 4.72 Å². The topological polar surface area (TPSA) is 17.0 Å². The molecule has 25 heavy (non-hydrogen) atoms. The summed E-state index contributed by atoms with van der Waals surface area (Å²) in [5.41, 5.74) is 4.29. The van der Waals surface area contributed by atoms with Crippen molar-refractivity contribution in [2.24, 2.45) is 7.05 Å². The molecule has 0 radical (unpaired) electrons. The highest BCUT2D eigenvalue weighted by atomic mass is 32.2. The van der Waals surface area contributed by atoms with Crippen molar-refractivity contribution in [1.29, 1.82) is 0 Å². The van der Waals surface area contributed by atoms with E-state index in [1.54, 1.807) is 11.9 Å². The van der Waals surface area contributed by atoms with E-state index in [9.17, 15) is 0 Å². The Morgan fingerprint density at radius 2 is 1.72 bits per heavy atom. The maximum atomic E-state index is 3.59. The van der Waals surface area contributed by atoms with Crippen LogP contribution in [0.2, 0.25) is 0 Å². The summed E-state index contributed by atoms with van der Waals surface area (Å²) in [6.45, 7) is 9.00. The van der Waals surface area contributed by atoms with Gasteiger partial charge in [-0.05, 0) is 60.0 Å². The average Bonchev–Trinajstić information content (AvgIpc) is 2.89. The van der Waals surface area contributed by atoms with E-state index in [0.717, 1.165) is 6.42 Å². The predicted molar refractivity (Wildman–Crippen MR) is 110 cm³/mol.